The van der Waals surface area contributed by atoms with Gasteiger partial charge < -0.3 is 10.1 Å². The van der Waals surface area contributed by atoms with Crippen molar-refractivity contribution in [3.63, 3.8) is 0 Å². The zero-order chi connectivity index (χ0) is 16.8. The summed E-state index contributed by atoms with van der Waals surface area (Å²) in [6, 6.07) is 15.6. The molecule has 5 nitrogen and oxygen atoms in total. The van der Waals surface area contributed by atoms with Crippen LogP contribution in [0.15, 0.2) is 48.5 Å². The SMILES string of the molecule is Cc1cccc(C(=O)O[C@@H](C)C(=O)Nc2ccccc2C#N)c1. The second kappa shape index (κ2) is 7.23. The third kappa shape index (κ3) is 4.17. The fraction of sp³-hybridized carbons (Fsp3) is 0.167. The van der Waals surface area contributed by atoms with Crippen LogP contribution in [-0.4, -0.2) is 18.0 Å². The fourth-order valence-electron chi connectivity index (χ4n) is 1.98. The zero-order valence-electron chi connectivity index (χ0n) is 12.9. The molecule has 1 atom stereocenters. The molecule has 116 valence electrons. The number of nitrogens with zero attached hydrogens (tertiary/aromatic N) is 1. The number of nitrogens with one attached hydrogen (secondary N) is 1. The Bertz CT molecular complexity index is 778. The first kappa shape index (κ1) is 16.2. The van der Waals surface area contributed by atoms with Crippen LogP contribution in [0.2, 0.25) is 0 Å². The van der Waals surface area contributed by atoms with Crippen LogP contribution in [0.25, 0.3) is 0 Å². The van der Waals surface area contributed by atoms with Crippen LogP contribution in [0, 0.1) is 18.3 Å². The Balaban J connectivity index is 2.03. The molecule has 0 saturated heterocycles. The summed E-state index contributed by atoms with van der Waals surface area (Å²) in [5.41, 5.74) is 2.05. The highest BCUT2D eigenvalue weighted by molar-refractivity contribution is 5.98. The lowest BCUT2D eigenvalue weighted by molar-refractivity contribution is -0.123. The molecule has 0 aliphatic carbocycles. The molecule has 0 heterocycles. The van der Waals surface area contributed by atoms with Crippen LogP contribution >= 0.6 is 0 Å². The maximum absolute atomic E-state index is 12.1. The van der Waals surface area contributed by atoms with Gasteiger partial charge in [0.15, 0.2) is 6.10 Å². The number of hydrogen-bond acceptors (Lipinski definition) is 4. The van der Waals surface area contributed by atoms with Gasteiger partial charge in [0.25, 0.3) is 5.91 Å². The van der Waals surface area contributed by atoms with Gasteiger partial charge in [0.1, 0.15) is 6.07 Å². The quantitative estimate of drug-likeness (QED) is 0.880. The lowest BCUT2D eigenvalue weighted by Gasteiger charge is -2.14. The highest BCUT2D eigenvalue weighted by atomic mass is 16.5. The molecule has 0 spiro atoms. The van der Waals surface area contributed by atoms with Crippen molar-refractivity contribution in [2.75, 3.05) is 5.32 Å². The predicted molar refractivity (Wildman–Crippen MR) is 85.8 cm³/mol. The van der Waals surface area contributed by atoms with Crippen molar-refractivity contribution < 1.29 is 14.3 Å². The summed E-state index contributed by atoms with van der Waals surface area (Å²) < 4.78 is 5.17. The number of carbonyl (C=O) groups excluding carboxylic acids is 2. The molecule has 2 aromatic carbocycles. The summed E-state index contributed by atoms with van der Waals surface area (Å²) in [7, 11) is 0. The van der Waals surface area contributed by atoms with Gasteiger partial charge in [-0.05, 0) is 38.1 Å². The van der Waals surface area contributed by atoms with Crippen LogP contribution in [0.5, 0.6) is 0 Å². The van der Waals surface area contributed by atoms with E-state index in [4.69, 9.17) is 10.00 Å². The van der Waals surface area contributed by atoms with E-state index in [1.807, 2.05) is 19.1 Å². The van der Waals surface area contributed by atoms with E-state index in [0.29, 0.717) is 16.8 Å². The molecule has 0 radical (unpaired) electrons. The number of esters is 1. The monoisotopic (exact) mass is 308 g/mol. The van der Waals surface area contributed by atoms with Gasteiger partial charge in [-0.25, -0.2) is 4.79 Å². The molecule has 0 unspecified atom stereocenters. The number of hydrogen-bond donors (Lipinski definition) is 1. The molecule has 1 N–H and O–H groups in total. The van der Waals surface area contributed by atoms with E-state index in [0.717, 1.165) is 5.56 Å². The molecule has 0 aliphatic rings. The molecule has 0 saturated carbocycles. The van der Waals surface area contributed by atoms with E-state index in [1.165, 1.54) is 6.92 Å². The Morgan fingerprint density at radius 3 is 2.61 bits per heavy atom. The molecular formula is C18H16N2O3. The van der Waals surface area contributed by atoms with Crippen LogP contribution in [-0.2, 0) is 9.53 Å². The van der Waals surface area contributed by atoms with Gasteiger partial charge in [-0.3, -0.25) is 4.79 Å². The van der Waals surface area contributed by atoms with Crippen LogP contribution in [0.4, 0.5) is 5.69 Å². The Hall–Kier alpha value is -3.13. The molecule has 2 aromatic rings. The molecule has 1 amide bonds. The number of amides is 1. The number of rotatable bonds is 4. The van der Waals surface area contributed by atoms with Gasteiger partial charge >= 0.3 is 5.97 Å². The molecule has 0 bridgehead atoms. The van der Waals surface area contributed by atoms with E-state index in [-0.39, 0.29) is 0 Å². The third-order valence-electron chi connectivity index (χ3n) is 3.21. The minimum absolute atomic E-state index is 0.345. The topological polar surface area (TPSA) is 79.2 Å². The average Bonchev–Trinajstić information content (AvgIpc) is 2.55. The maximum atomic E-state index is 12.1. The van der Waals surface area contributed by atoms with E-state index >= 15 is 0 Å². The van der Waals surface area contributed by atoms with Crippen molar-refractivity contribution in [2.45, 2.75) is 20.0 Å². The van der Waals surface area contributed by atoms with E-state index in [9.17, 15) is 9.59 Å². The average molecular weight is 308 g/mol. The lowest BCUT2D eigenvalue weighted by atomic mass is 10.1. The summed E-state index contributed by atoms with van der Waals surface area (Å²) in [6.07, 6.45) is -0.977. The van der Waals surface area contributed by atoms with Crippen molar-refractivity contribution >= 4 is 17.6 Å². The van der Waals surface area contributed by atoms with Gasteiger partial charge in [-0.2, -0.15) is 5.26 Å². The number of ether oxygens (including phenoxy) is 1. The van der Waals surface area contributed by atoms with Crippen LogP contribution in [0.3, 0.4) is 0 Å². The highest BCUT2D eigenvalue weighted by Crippen LogP contribution is 2.14. The van der Waals surface area contributed by atoms with E-state index in [2.05, 4.69) is 5.32 Å². The minimum Gasteiger partial charge on any atom is -0.449 e. The number of carbonyl (C=O) groups is 2. The van der Waals surface area contributed by atoms with Gasteiger partial charge in [0.05, 0.1) is 16.8 Å². The first-order valence-corrected chi connectivity index (χ1v) is 7.09. The Morgan fingerprint density at radius 1 is 1.17 bits per heavy atom. The normalized spacial score (nSPS) is 11.2. The summed E-state index contributed by atoms with van der Waals surface area (Å²) in [4.78, 5) is 24.1. The molecular weight excluding hydrogens is 292 g/mol. The second-order valence-corrected chi connectivity index (χ2v) is 5.06. The summed E-state index contributed by atoms with van der Waals surface area (Å²) in [5.74, 6) is -1.06. The highest BCUT2D eigenvalue weighted by Gasteiger charge is 2.19. The minimum atomic E-state index is -0.977. The smallest absolute Gasteiger partial charge is 0.338 e. The van der Waals surface area contributed by atoms with E-state index < -0.39 is 18.0 Å². The predicted octanol–water partition coefficient (Wildman–Crippen LogP) is 3.05. The van der Waals surface area contributed by atoms with Crippen molar-refractivity contribution in [2.24, 2.45) is 0 Å². The third-order valence-corrected chi connectivity index (χ3v) is 3.21. The standard InChI is InChI=1S/C18H16N2O3/c1-12-6-5-8-14(10-12)18(22)23-13(2)17(21)20-16-9-4-3-7-15(16)11-19/h3-10,13H,1-2H3,(H,20,21)/t13-/m0/s1. The van der Waals surface area contributed by atoms with Gasteiger partial charge in [0, 0.05) is 0 Å². The first-order valence-electron chi connectivity index (χ1n) is 7.09. The summed E-state index contributed by atoms with van der Waals surface area (Å²) in [6.45, 7) is 3.35. The second-order valence-electron chi connectivity index (χ2n) is 5.06. The fourth-order valence-corrected chi connectivity index (χ4v) is 1.98. The number of nitriles is 1. The number of benzene rings is 2. The molecule has 0 aliphatic heterocycles. The van der Waals surface area contributed by atoms with E-state index in [1.54, 1.807) is 42.5 Å². The Labute approximate surface area is 134 Å². The largest absolute Gasteiger partial charge is 0.449 e. The lowest BCUT2D eigenvalue weighted by Crippen LogP contribution is -2.30. The first-order chi connectivity index (χ1) is 11.0. The molecule has 2 rings (SSSR count). The number of aryl methyl sites for hydroxylation is 1. The Morgan fingerprint density at radius 2 is 1.91 bits per heavy atom. The van der Waals surface area contributed by atoms with Crippen LogP contribution in [0.1, 0.15) is 28.4 Å². The summed E-state index contributed by atoms with van der Waals surface area (Å²) >= 11 is 0. The molecule has 5 heteroatoms. The van der Waals surface area contributed by atoms with Gasteiger partial charge in [-0.15, -0.1) is 0 Å². The van der Waals surface area contributed by atoms with Gasteiger partial charge in [0.2, 0.25) is 0 Å². The van der Waals surface area contributed by atoms with Crippen molar-refractivity contribution in [3.05, 3.63) is 65.2 Å². The molecule has 23 heavy (non-hydrogen) atoms. The maximum Gasteiger partial charge on any atom is 0.338 e. The Kier molecular flexibility index (Phi) is 5.11. The number of anilines is 1. The van der Waals surface area contributed by atoms with Crippen molar-refractivity contribution in [1.82, 2.24) is 0 Å². The molecule has 0 fully saturated rings. The van der Waals surface area contributed by atoms with Crippen LogP contribution < -0.4 is 5.32 Å². The number of para-hydroxylation sites is 1. The van der Waals surface area contributed by atoms with Gasteiger partial charge in [-0.1, -0.05) is 29.8 Å². The zero-order valence-corrected chi connectivity index (χ0v) is 12.9. The summed E-state index contributed by atoms with van der Waals surface area (Å²) in [5, 5.41) is 11.6. The van der Waals surface area contributed by atoms with Crippen molar-refractivity contribution in [3.8, 4) is 6.07 Å². The molecule has 0 aromatic heterocycles. The van der Waals surface area contributed by atoms with Crippen molar-refractivity contribution in [1.29, 1.82) is 5.26 Å².